The van der Waals surface area contributed by atoms with Crippen LogP contribution in [0.5, 0.6) is 0 Å². The van der Waals surface area contributed by atoms with Gasteiger partial charge in [0.15, 0.2) is 11.2 Å². The molecule has 0 atom stereocenters. The van der Waals surface area contributed by atoms with E-state index in [2.05, 4.69) is 20.5 Å². The van der Waals surface area contributed by atoms with E-state index in [0.29, 0.717) is 22.6 Å². The summed E-state index contributed by atoms with van der Waals surface area (Å²) in [5.41, 5.74) is 1.70. The number of carbonyl (C=O) groups is 2. The van der Waals surface area contributed by atoms with Crippen LogP contribution in [0.1, 0.15) is 35.6 Å². The number of carboxylic acids is 1. The predicted octanol–water partition coefficient (Wildman–Crippen LogP) is 1.61. The second-order valence-electron chi connectivity index (χ2n) is 6.30. The van der Waals surface area contributed by atoms with E-state index in [9.17, 15) is 14.7 Å². The molecular weight excluding hydrogens is 324 g/mol. The Bertz CT molecular complexity index is 985. The highest BCUT2D eigenvalue weighted by Crippen LogP contribution is 2.18. The SMILES string of the molecule is Cc1cc2ncc(C(=O)Nc3cnn(C(C)(C)C(=O)O)c3)c(C)n2n1. The van der Waals surface area contributed by atoms with E-state index in [4.69, 9.17) is 0 Å². The second-order valence-corrected chi connectivity index (χ2v) is 6.30. The number of rotatable bonds is 4. The Kier molecular flexibility index (Phi) is 3.78. The monoisotopic (exact) mass is 342 g/mol. The van der Waals surface area contributed by atoms with Gasteiger partial charge >= 0.3 is 5.97 Å². The number of hydrogen-bond donors (Lipinski definition) is 2. The Morgan fingerprint density at radius 1 is 1.24 bits per heavy atom. The predicted molar refractivity (Wildman–Crippen MR) is 89.6 cm³/mol. The Morgan fingerprint density at radius 3 is 2.64 bits per heavy atom. The van der Waals surface area contributed by atoms with Crippen molar-refractivity contribution in [2.45, 2.75) is 33.2 Å². The third-order valence-electron chi connectivity index (χ3n) is 4.03. The zero-order chi connectivity index (χ0) is 18.4. The van der Waals surface area contributed by atoms with Crippen LogP contribution in [0.15, 0.2) is 24.7 Å². The van der Waals surface area contributed by atoms with E-state index < -0.39 is 11.5 Å². The summed E-state index contributed by atoms with van der Waals surface area (Å²) in [7, 11) is 0. The maximum Gasteiger partial charge on any atom is 0.331 e. The third-order valence-corrected chi connectivity index (χ3v) is 4.03. The average molecular weight is 342 g/mol. The third kappa shape index (κ3) is 2.84. The van der Waals surface area contributed by atoms with Crippen molar-refractivity contribution in [1.82, 2.24) is 24.4 Å². The number of anilines is 1. The summed E-state index contributed by atoms with van der Waals surface area (Å²) in [6.07, 6.45) is 4.38. The number of hydrogen-bond acceptors (Lipinski definition) is 5. The molecule has 3 heterocycles. The Hall–Kier alpha value is -3.23. The molecule has 0 aliphatic heterocycles. The van der Waals surface area contributed by atoms with Crippen LogP contribution in [0.4, 0.5) is 5.69 Å². The first-order valence-corrected chi connectivity index (χ1v) is 7.62. The van der Waals surface area contributed by atoms with Crippen LogP contribution in [-0.2, 0) is 10.3 Å². The molecule has 3 aromatic rings. The molecule has 0 radical (unpaired) electrons. The van der Waals surface area contributed by atoms with Crippen LogP contribution in [0.25, 0.3) is 5.65 Å². The maximum atomic E-state index is 12.5. The van der Waals surface area contributed by atoms with Crippen molar-refractivity contribution in [2.75, 3.05) is 5.32 Å². The van der Waals surface area contributed by atoms with Crippen LogP contribution in [0, 0.1) is 13.8 Å². The molecule has 0 spiro atoms. The number of carbonyl (C=O) groups excluding carboxylic acids is 1. The van der Waals surface area contributed by atoms with Gasteiger partial charge in [-0.3, -0.25) is 9.48 Å². The van der Waals surface area contributed by atoms with Gasteiger partial charge in [-0.25, -0.2) is 14.3 Å². The molecule has 0 aromatic carbocycles. The van der Waals surface area contributed by atoms with Crippen molar-refractivity contribution in [2.24, 2.45) is 0 Å². The van der Waals surface area contributed by atoms with Gasteiger partial charge in [0.1, 0.15) is 0 Å². The molecule has 1 amide bonds. The highest BCUT2D eigenvalue weighted by Gasteiger charge is 2.30. The number of nitrogens with one attached hydrogen (secondary N) is 1. The van der Waals surface area contributed by atoms with Gasteiger partial charge in [0.05, 0.1) is 28.8 Å². The molecule has 0 saturated carbocycles. The van der Waals surface area contributed by atoms with E-state index in [1.807, 2.05) is 13.0 Å². The van der Waals surface area contributed by atoms with Crippen LogP contribution in [0.3, 0.4) is 0 Å². The summed E-state index contributed by atoms with van der Waals surface area (Å²) in [5, 5.41) is 20.3. The van der Waals surface area contributed by atoms with E-state index in [1.165, 1.54) is 37.1 Å². The van der Waals surface area contributed by atoms with Gasteiger partial charge in [-0.15, -0.1) is 0 Å². The van der Waals surface area contributed by atoms with E-state index in [0.717, 1.165) is 5.69 Å². The molecule has 0 saturated heterocycles. The second kappa shape index (κ2) is 5.69. The van der Waals surface area contributed by atoms with Crippen molar-refractivity contribution in [3.05, 3.63) is 41.6 Å². The van der Waals surface area contributed by atoms with E-state index in [1.54, 1.807) is 11.4 Å². The van der Waals surface area contributed by atoms with Gasteiger partial charge in [-0.2, -0.15) is 10.2 Å². The van der Waals surface area contributed by atoms with Crippen LogP contribution < -0.4 is 5.32 Å². The molecule has 0 aliphatic carbocycles. The van der Waals surface area contributed by atoms with Gasteiger partial charge in [-0.05, 0) is 27.7 Å². The lowest BCUT2D eigenvalue weighted by molar-refractivity contribution is -0.146. The lowest BCUT2D eigenvalue weighted by Crippen LogP contribution is -2.35. The summed E-state index contributed by atoms with van der Waals surface area (Å²) >= 11 is 0. The molecule has 9 heteroatoms. The fourth-order valence-corrected chi connectivity index (χ4v) is 2.38. The number of aliphatic carboxylic acids is 1. The van der Waals surface area contributed by atoms with Gasteiger partial charge in [0.2, 0.25) is 0 Å². The molecule has 3 rings (SSSR count). The molecule has 130 valence electrons. The summed E-state index contributed by atoms with van der Waals surface area (Å²) in [6, 6.07) is 1.83. The minimum Gasteiger partial charge on any atom is -0.479 e. The minimum atomic E-state index is -1.22. The fraction of sp³-hybridized carbons (Fsp3) is 0.312. The van der Waals surface area contributed by atoms with Crippen LogP contribution >= 0.6 is 0 Å². The van der Waals surface area contributed by atoms with Gasteiger partial charge < -0.3 is 10.4 Å². The fourth-order valence-electron chi connectivity index (χ4n) is 2.38. The minimum absolute atomic E-state index is 0.368. The summed E-state index contributed by atoms with van der Waals surface area (Å²) in [6.45, 7) is 6.69. The smallest absolute Gasteiger partial charge is 0.331 e. The van der Waals surface area contributed by atoms with Crippen molar-refractivity contribution >= 4 is 23.2 Å². The zero-order valence-electron chi connectivity index (χ0n) is 14.3. The zero-order valence-corrected chi connectivity index (χ0v) is 14.3. The molecule has 0 aliphatic rings. The molecule has 9 nitrogen and oxygen atoms in total. The lowest BCUT2D eigenvalue weighted by Gasteiger charge is -2.19. The first-order valence-electron chi connectivity index (χ1n) is 7.62. The average Bonchev–Trinajstić information content (AvgIpc) is 3.14. The highest BCUT2D eigenvalue weighted by molar-refractivity contribution is 6.04. The molecule has 25 heavy (non-hydrogen) atoms. The number of aryl methyl sites for hydroxylation is 2. The number of carboxylic acid groups (broad SMARTS) is 1. The Balaban J connectivity index is 1.87. The van der Waals surface area contributed by atoms with Crippen molar-refractivity contribution in [3.8, 4) is 0 Å². The summed E-state index contributed by atoms with van der Waals surface area (Å²) in [5.74, 6) is -1.39. The van der Waals surface area contributed by atoms with Gasteiger partial charge in [0, 0.05) is 18.5 Å². The number of aromatic nitrogens is 5. The first-order chi connectivity index (χ1) is 11.7. The standard InChI is InChI=1S/C16H18N6O3/c1-9-5-13-17-7-12(10(2)22(13)20-9)14(23)19-11-6-18-21(8-11)16(3,4)15(24)25/h5-8H,1-4H3,(H,19,23)(H,24,25). The van der Waals surface area contributed by atoms with Crippen molar-refractivity contribution in [3.63, 3.8) is 0 Å². The molecule has 0 bridgehead atoms. The molecule has 0 unspecified atom stereocenters. The largest absolute Gasteiger partial charge is 0.479 e. The number of nitrogens with zero attached hydrogens (tertiary/aromatic N) is 5. The van der Waals surface area contributed by atoms with Crippen molar-refractivity contribution < 1.29 is 14.7 Å². The van der Waals surface area contributed by atoms with Crippen LogP contribution in [0.2, 0.25) is 0 Å². The number of fused-ring (bicyclic) bond motifs is 1. The summed E-state index contributed by atoms with van der Waals surface area (Å²) in [4.78, 5) is 28.0. The van der Waals surface area contributed by atoms with Crippen molar-refractivity contribution in [1.29, 1.82) is 0 Å². The lowest BCUT2D eigenvalue weighted by atomic mass is 10.1. The summed E-state index contributed by atoms with van der Waals surface area (Å²) < 4.78 is 2.90. The molecule has 2 N–H and O–H groups in total. The van der Waals surface area contributed by atoms with Gasteiger partial charge in [-0.1, -0.05) is 0 Å². The Morgan fingerprint density at radius 2 is 1.96 bits per heavy atom. The topological polar surface area (TPSA) is 114 Å². The van der Waals surface area contributed by atoms with E-state index >= 15 is 0 Å². The normalized spacial score (nSPS) is 11.7. The van der Waals surface area contributed by atoms with Crippen LogP contribution in [-0.4, -0.2) is 41.4 Å². The number of amides is 1. The van der Waals surface area contributed by atoms with Gasteiger partial charge in [0.25, 0.3) is 5.91 Å². The first kappa shape index (κ1) is 16.6. The molecule has 0 fully saturated rings. The quantitative estimate of drug-likeness (QED) is 0.744. The highest BCUT2D eigenvalue weighted by atomic mass is 16.4. The Labute approximate surface area is 143 Å². The molecular formula is C16H18N6O3. The van der Waals surface area contributed by atoms with E-state index in [-0.39, 0.29) is 5.91 Å². The molecule has 3 aromatic heterocycles. The maximum absolute atomic E-state index is 12.5.